The second-order valence-electron chi connectivity index (χ2n) is 6.62. The van der Waals surface area contributed by atoms with Gasteiger partial charge in [-0.1, -0.05) is 52.3 Å². The summed E-state index contributed by atoms with van der Waals surface area (Å²) in [5.74, 6) is -1.52. The van der Waals surface area contributed by atoms with E-state index in [0.29, 0.717) is 10.8 Å². The van der Waals surface area contributed by atoms with Gasteiger partial charge in [0.1, 0.15) is 5.75 Å². The smallest absolute Gasteiger partial charge is 0.308 e. The zero-order chi connectivity index (χ0) is 22.5. The largest absolute Gasteiger partial charge is 0.425 e. The minimum atomic E-state index is -0.618. The highest BCUT2D eigenvalue weighted by molar-refractivity contribution is 9.10. The molecule has 7 heteroatoms. The average molecular weight is 483 g/mol. The Balaban J connectivity index is 2.42. The summed E-state index contributed by atoms with van der Waals surface area (Å²) >= 11 is 3.42. The van der Waals surface area contributed by atoms with Gasteiger partial charge in [-0.3, -0.25) is 14.4 Å². The van der Waals surface area contributed by atoms with Crippen molar-refractivity contribution in [2.45, 2.75) is 20.8 Å². The molecule has 6 nitrogen and oxygen atoms in total. The molecule has 0 heterocycles. The molecular formula is C24H19BrO6. The van der Waals surface area contributed by atoms with Gasteiger partial charge in [0.25, 0.3) is 0 Å². The lowest BCUT2D eigenvalue weighted by atomic mass is 10.0. The predicted octanol–water partition coefficient (Wildman–Crippen LogP) is 5.55. The molecule has 0 amide bonds. The summed E-state index contributed by atoms with van der Waals surface area (Å²) in [5, 5.41) is 0.951. The van der Waals surface area contributed by atoms with Crippen molar-refractivity contribution in [3.05, 3.63) is 64.1 Å². The van der Waals surface area contributed by atoms with E-state index in [1.54, 1.807) is 30.4 Å². The molecular weight excluding hydrogens is 464 g/mol. The van der Waals surface area contributed by atoms with Crippen LogP contribution < -0.4 is 14.2 Å². The molecule has 31 heavy (non-hydrogen) atoms. The van der Waals surface area contributed by atoms with E-state index in [-0.39, 0.29) is 22.8 Å². The number of hydrogen-bond donors (Lipinski definition) is 0. The lowest BCUT2D eigenvalue weighted by molar-refractivity contribution is -0.134. The first kappa shape index (κ1) is 22.2. The van der Waals surface area contributed by atoms with Crippen LogP contribution >= 0.6 is 15.9 Å². The van der Waals surface area contributed by atoms with Crippen molar-refractivity contribution in [3.63, 3.8) is 0 Å². The van der Waals surface area contributed by atoms with Crippen molar-refractivity contribution in [1.82, 2.24) is 0 Å². The van der Waals surface area contributed by atoms with Crippen LogP contribution in [0.3, 0.4) is 0 Å². The van der Waals surface area contributed by atoms with E-state index in [2.05, 4.69) is 15.9 Å². The number of ether oxygens (including phenoxy) is 3. The Bertz CT molecular complexity index is 1200. The molecule has 0 spiro atoms. The molecule has 0 atom stereocenters. The van der Waals surface area contributed by atoms with Crippen LogP contribution in [0.1, 0.15) is 31.9 Å². The summed E-state index contributed by atoms with van der Waals surface area (Å²) in [5.41, 5.74) is 1.16. The Morgan fingerprint density at radius 1 is 0.710 bits per heavy atom. The third kappa shape index (κ3) is 5.38. The maximum Gasteiger partial charge on any atom is 0.308 e. The molecule has 0 saturated heterocycles. The van der Waals surface area contributed by atoms with Crippen molar-refractivity contribution in [3.8, 4) is 17.2 Å². The fourth-order valence-electron chi connectivity index (χ4n) is 3.03. The van der Waals surface area contributed by atoms with Gasteiger partial charge in [0, 0.05) is 36.0 Å². The molecule has 3 aromatic rings. The number of fused-ring (bicyclic) bond motifs is 1. The van der Waals surface area contributed by atoms with E-state index in [1.165, 1.54) is 20.8 Å². The minimum Gasteiger partial charge on any atom is -0.425 e. The molecule has 0 radical (unpaired) electrons. The van der Waals surface area contributed by atoms with Crippen LogP contribution in [0.2, 0.25) is 0 Å². The lowest BCUT2D eigenvalue weighted by Gasteiger charge is -2.19. The van der Waals surface area contributed by atoms with Crippen molar-refractivity contribution in [1.29, 1.82) is 0 Å². The number of carbonyl (C=O) groups is 3. The molecule has 0 aromatic heterocycles. The number of hydrogen-bond acceptors (Lipinski definition) is 6. The van der Waals surface area contributed by atoms with Crippen LogP contribution in [-0.2, 0) is 14.4 Å². The van der Waals surface area contributed by atoms with Crippen LogP contribution in [0.5, 0.6) is 17.2 Å². The maximum absolute atomic E-state index is 11.9. The first-order valence-electron chi connectivity index (χ1n) is 9.34. The van der Waals surface area contributed by atoms with Crippen LogP contribution in [0, 0.1) is 0 Å². The summed E-state index contributed by atoms with van der Waals surface area (Å²) in [6.45, 7) is 3.77. The Kier molecular flexibility index (Phi) is 6.87. The molecule has 0 saturated carbocycles. The quantitative estimate of drug-likeness (QED) is 0.269. The zero-order valence-corrected chi connectivity index (χ0v) is 18.7. The minimum absolute atomic E-state index is 0.0130. The van der Waals surface area contributed by atoms with Gasteiger partial charge in [-0.2, -0.15) is 0 Å². The second-order valence-corrected chi connectivity index (χ2v) is 7.53. The molecule has 0 aliphatic rings. The Morgan fingerprint density at radius 2 is 1.29 bits per heavy atom. The third-order valence-electron chi connectivity index (χ3n) is 4.15. The molecule has 0 N–H and O–H groups in total. The van der Waals surface area contributed by atoms with Gasteiger partial charge in [0.05, 0.1) is 5.56 Å². The molecule has 3 aromatic carbocycles. The number of halogens is 1. The van der Waals surface area contributed by atoms with Gasteiger partial charge in [-0.15, -0.1) is 0 Å². The lowest BCUT2D eigenvalue weighted by Crippen LogP contribution is -2.11. The molecule has 0 unspecified atom stereocenters. The van der Waals surface area contributed by atoms with Gasteiger partial charge in [0.15, 0.2) is 11.5 Å². The van der Waals surface area contributed by atoms with Crippen LogP contribution in [0.15, 0.2) is 53.0 Å². The first-order chi connectivity index (χ1) is 14.8. The SMILES string of the molecule is CC(=O)Oc1c(/C=C\c2ccccc2)c(OC(C)=O)c2cc(Br)ccc2c1OC(C)=O. The highest BCUT2D eigenvalue weighted by Crippen LogP contribution is 2.48. The van der Waals surface area contributed by atoms with Crippen molar-refractivity contribution < 1.29 is 28.6 Å². The highest BCUT2D eigenvalue weighted by Gasteiger charge is 2.25. The van der Waals surface area contributed by atoms with E-state index in [4.69, 9.17) is 14.2 Å². The van der Waals surface area contributed by atoms with Crippen molar-refractivity contribution in [2.24, 2.45) is 0 Å². The van der Waals surface area contributed by atoms with Crippen LogP contribution in [-0.4, -0.2) is 17.9 Å². The molecule has 3 rings (SSSR count). The summed E-state index contributed by atoms with van der Waals surface area (Å²) in [6.07, 6.45) is 3.43. The standard InChI is InChI=1S/C24H19BrO6/c1-14(26)29-22-20(11-9-17-7-5-4-6-8-17)24(31-16(3)28)23(30-15(2)27)19-12-10-18(25)13-21(19)22/h4-13H,1-3H3/b11-9-. The van der Waals surface area contributed by atoms with E-state index < -0.39 is 17.9 Å². The van der Waals surface area contributed by atoms with Gasteiger partial charge < -0.3 is 14.2 Å². The number of carbonyl (C=O) groups excluding carboxylic acids is 3. The Labute approximate surface area is 187 Å². The Morgan fingerprint density at radius 3 is 1.90 bits per heavy atom. The van der Waals surface area contributed by atoms with Crippen LogP contribution in [0.25, 0.3) is 22.9 Å². The summed E-state index contributed by atoms with van der Waals surface area (Å²) < 4.78 is 17.2. The fourth-order valence-corrected chi connectivity index (χ4v) is 3.40. The monoisotopic (exact) mass is 482 g/mol. The summed E-state index contributed by atoms with van der Waals surface area (Å²) in [4.78, 5) is 35.7. The van der Waals surface area contributed by atoms with Crippen molar-refractivity contribution in [2.75, 3.05) is 0 Å². The molecule has 0 fully saturated rings. The number of rotatable bonds is 5. The second kappa shape index (κ2) is 9.57. The van der Waals surface area contributed by atoms with E-state index in [9.17, 15) is 14.4 Å². The number of benzene rings is 3. The molecule has 0 aliphatic carbocycles. The normalized spacial score (nSPS) is 10.8. The van der Waals surface area contributed by atoms with Gasteiger partial charge in [-0.25, -0.2) is 0 Å². The summed E-state index contributed by atoms with van der Waals surface area (Å²) in [6, 6.07) is 14.6. The highest BCUT2D eigenvalue weighted by atomic mass is 79.9. The van der Waals surface area contributed by atoms with Gasteiger partial charge >= 0.3 is 17.9 Å². The average Bonchev–Trinajstić information content (AvgIpc) is 2.70. The zero-order valence-electron chi connectivity index (χ0n) is 17.1. The van der Waals surface area contributed by atoms with Crippen molar-refractivity contribution >= 4 is 56.8 Å². The van der Waals surface area contributed by atoms with E-state index >= 15 is 0 Å². The maximum atomic E-state index is 11.9. The molecule has 158 valence electrons. The molecule has 0 aliphatic heterocycles. The Hall–Kier alpha value is -3.45. The van der Waals surface area contributed by atoms with Crippen LogP contribution in [0.4, 0.5) is 0 Å². The fraction of sp³-hybridized carbons (Fsp3) is 0.125. The van der Waals surface area contributed by atoms with E-state index in [0.717, 1.165) is 10.0 Å². The summed E-state index contributed by atoms with van der Waals surface area (Å²) in [7, 11) is 0. The van der Waals surface area contributed by atoms with Gasteiger partial charge in [0.2, 0.25) is 0 Å². The third-order valence-corrected chi connectivity index (χ3v) is 4.64. The number of esters is 3. The topological polar surface area (TPSA) is 78.9 Å². The van der Waals surface area contributed by atoms with E-state index in [1.807, 2.05) is 30.3 Å². The predicted molar refractivity (Wildman–Crippen MR) is 121 cm³/mol. The molecule has 0 bridgehead atoms. The first-order valence-corrected chi connectivity index (χ1v) is 10.1. The van der Waals surface area contributed by atoms with Gasteiger partial charge in [-0.05, 0) is 29.8 Å².